The van der Waals surface area contributed by atoms with E-state index in [2.05, 4.69) is 0 Å². The molecule has 62 valence electrons. The van der Waals surface area contributed by atoms with Crippen LogP contribution in [0.2, 0.25) is 0 Å². The molecule has 1 heterocycles. The van der Waals surface area contributed by atoms with Crippen LogP contribution >= 0.6 is 11.8 Å². The van der Waals surface area contributed by atoms with Gasteiger partial charge < -0.3 is 0 Å². The van der Waals surface area contributed by atoms with Crippen molar-refractivity contribution < 1.29 is 13.2 Å². The lowest BCUT2D eigenvalue weighted by Gasteiger charge is -1.91. The molecule has 12 heavy (non-hydrogen) atoms. The Kier molecular flexibility index (Phi) is 1.52. The molecule has 0 fully saturated rings. The number of sulfone groups is 1. The average molecular weight is 200 g/mol. The Labute approximate surface area is 73.7 Å². The van der Waals surface area contributed by atoms with Crippen LogP contribution in [-0.2, 0) is 9.84 Å². The summed E-state index contributed by atoms with van der Waals surface area (Å²) in [5.74, 6) is 0. The molecule has 3 nitrogen and oxygen atoms in total. The van der Waals surface area contributed by atoms with E-state index in [9.17, 15) is 13.2 Å². The molecule has 0 radical (unpaired) electrons. The van der Waals surface area contributed by atoms with Crippen molar-refractivity contribution >= 4 is 26.0 Å². The zero-order valence-corrected chi connectivity index (χ0v) is 7.48. The summed E-state index contributed by atoms with van der Waals surface area (Å²) in [6.07, 6.45) is 0. The molecule has 0 unspecified atom stereocenters. The van der Waals surface area contributed by atoms with Gasteiger partial charge in [0.05, 0.1) is 4.90 Å². The molecule has 5 heteroatoms. The van der Waals surface area contributed by atoms with Gasteiger partial charge in [0.15, 0.2) is 0 Å². The van der Waals surface area contributed by atoms with Gasteiger partial charge in [0.1, 0.15) is 0 Å². The molecular weight excluding hydrogens is 196 g/mol. The van der Waals surface area contributed by atoms with Gasteiger partial charge in [-0.25, -0.2) is 8.42 Å². The van der Waals surface area contributed by atoms with Gasteiger partial charge in [-0.1, -0.05) is 12.1 Å². The van der Waals surface area contributed by atoms with Gasteiger partial charge in [0.2, 0.25) is 0 Å². The monoisotopic (exact) mass is 200 g/mol. The largest absolute Gasteiger partial charge is 0.312 e. The highest BCUT2D eigenvalue weighted by molar-refractivity contribution is 8.37. The number of carbonyl (C=O) groups is 1. The quantitative estimate of drug-likeness (QED) is 0.639. The van der Waals surface area contributed by atoms with Gasteiger partial charge in [-0.3, -0.25) is 4.79 Å². The summed E-state index contributed by atoms with van der Waals surface area (Å²) in [4.78, 5) is 11.6. The van der Waals surface area contributed by atoms with E-state index in [-0.39, 0.29) is 4.90 Å². The Morgan fingerprint density at radius 1 is 1.17 bits per heavy atom. The molecule has 2 rings (SSSR count). The van der Waals surface area contributed by atoms with Crippen molar-refractivity contribution in [2.45, 2.75) is 9.79 Å². The molecule has 0 aromatic heterocycles. The van der Waals surface area contributed by atoms with Crippen molar-refractivity contribution in [2.75, 3.05) is 0 Å². The third-order valence-electron chi connectivity index (χ3n) is 1.55. The van der Waals surface area contributed by atoms with Crippen LogP contribution in [0, 0.1) is 0 Å². The predicted molar refractivity (Wildman–Crippen MR) is 44.9 cm³/mol. The Balaban J connectivity index is 2.80. The standard InChI is InChI=1S/C7H4O3S2/c8-7-11-5-3-1-2-4-6(5)12(7,9)10/h1-4H. The number of thioether (sulfide) groups is 1. The third-order valence-corrected chi connectivity index (χ3v) is 4.71. The second kappa shape index (κ2) is 2.34. The second-order valence-electron chi connectivity index (χ2n) is 2.30. The number of hydrogen-bond donors (Lipinski definition) is 0. The molecule has 0 amide bonds. The maximum Gasteiger partial charge on any atom is 0.312 e. The van der Waals surface area contributed by atoms with E-state index >= 15 is 0 Å². The van der Waals surface area contributed by atoms with Crippen LogP contribution < -0.4 is 0 Å². The highest BCUT2D eigenvalue weighted by Crippen LogP contribution is 2.38. The number of rotatable bonds is 0. The number of fused-ring (bicyclic) bond motifs is 1. The molecule has 0 aliphatic carbocycles. The van der Waals surface area contributed by atoms with E-state index in [1.165, 1.54) is 6.07 Å². The first-order valence-corrected chi connectivity index (χ1v) is 5.48. The molecule has 0 bridgehead atoms. The molecule has 0 N–H and O–H groups in total. The van der Waals surface area contributed by atoms with E-state index in [1.54, 1.807) is 18.2 Å². The van der Waals surface area contributed by atoms with Gasteiger partial charge in [0, 0.05) is 4.90 Å². The first-order valence-electron chi connectivity index (χ1n) is 3.18. The topological polar surface area (TPSA) is 51.2 Å². The second-order valence-corrected chi connectivity index (χ2v) is 5.39. The van der Waals surface area contributed by atoms with Crippen molar-refractivity contribution in [3.63, 3.8) is 0 Å². The summed E-state index contributed by atoms with van der Waals surface area (Å²) in [6.45, 7) is 0. The SMILES string of the molecule is O=C1Sc2ccccc2S1(=O)=O. The Morgan fingerprint density at radius 3 is 2.50 bits per heavy atom. The smallest absolute Gasteiger partial charge is 0.268 e. The van der Waals surface area contributed by atoms with E-state index in [1.807, 2.05) is 0 Å². The highest BCUT2D eigenvalue weighted by Gasteiger charge is 2.35. The van der Waals surface area contributed by atoms with Crippen molar-refractivity contribution in [2.24, 2.45) is 0 Å². The summed E-state index contributed by atoms with van der Waals surface area (Å²) >= 11 is 0.771. The fraction of sp³-hybridized carbons (Fsp3) is 0. The van der Waals surface area contributed by atoms with Gasteiger partial charge >= 0.3 is 4.45 Å². The summed E-state index contributed by atoms with van der Waals surface area (Å²) in [6, 6.07) is 6.39. The average Bonchev–Trinajstić information content (AvgIpc) is 2.25. The maximum atomic E-state index is 11.2. The number of carbonyl (C=O) groups excluding carboxylic acids is 1. The summed E-state index contributed by atoms with van der Waals surface area (Å²) in [5, 5.41) is 0. The summed E-state index contributed by atoms with van der Waals surface area (Å²) in [7, 11) is -3.66. The van der Waals surface area contributed by atoms with Crippen molar-refractivity contribution in [3.8, 4) is 0 Å². The minimum atomic E-state index is -3.66. The van der Waals surface area contributed by atoms with Crippen LogP contribution in [-0.4, -0.2) is 12.9 Å². The first kappa shape index (κ1) is 7.82. The fourth-order valence-corrected chi connectivity index (χ4v) is 3.69. The minimum Gasteiger partial charge on any atom is -0.268 e. The zero-order valence-electron chi connectivity index (χ0n) is 5.85. The zero-order chi connectivity index (χ0) is 8.77. The van der Waals surface area contributed by atoms with Gasteiger partial charge in [-0.15, -0.1) is 0 Å². The molecule has 0 saturated carbocycles. The lowest BCUT2D eigenvalue weighted by atomic mass is 10.4. The Hall–Kier alpha value is -0.810. The molecule has 1 aliphatic heterocycles. The van der Waals surface area contributed by atoms with Crippen molar-refractivity contribution in [1.82, 2.24) is 0 Å². The fourth-order valence-electron chi connectivity index (χ4n) is 0.991. The molecule has 1 aromatic carbocycles. The molecule has 0 spiro atoms. The van der Waals surface area contributed by atoms with E-state index in [0.717, 1.165) is 11.8 Å². The van der Waals surface area contributed by atoms with Crippen LogP contribution in [0.1, 0.15) is 0 Å². The van der Waals surface area contributed by atoms with E-state index in [4.69, 9.17) is 0 Å². The molecule has 1 aliphatic rings. The molecular formula is C7H4O3S2. The summed E-state index contributed by atoms with van der Waals surface area (Å²) < 4.78 is 21.7. The Bertz CT molecular complexity index is 447. The lowest BCUT2D eigenvalue weighted by Crippen LogP contribution is -2.02. The maximum absolute atomic E-state index is 11.2. The van der Waals surface area contributed by atoms with Crippen LogP contribution in [0.4, 0.5) is 4.79 Å². The number of hydrogen-bond acceptors (Lipinski definition) is 4. The van der Waals surface area contributed by atoms with Crippen LogP contribution in [0.25, 0.3) is 0 Å². The van der Waals surface area contributed by atoms with Gasteiger partial charge in [-0.2, -0.15) is 0 Å². The van der Waals surface area contributed by atoms with Crippen molar-refractivity contribution in [3.05, 3.63) is 24.3 Å². The van der Waals surface area contributed by atoms with Crippen LogP contribution in [0.5, 0.6) is 0 Å². The van der Waals surface area contributed by atoms with E-state index < -0.39 is 14.3 Å². The molecule has 1 aromatic rings. The van der Waals surface area contributed by atoms with E-state index in [0.29, 0.717) is 4.90 Å². The summed E-state index contributed by atoms with van der Waals surface area (Å²) in [5.41, 5.74) is 0. The highest BCUT2D eigenvalue weighted by atomic mass is 32.3. The predicted octanol–water partition coefficient (Wildman–Crippen LogP) is 1.69. The van der Waals surface area contributed by atoms with Gasteiger partial charge in [0.25, 0.3) is 9.84 Å². The third kappa shape index (κ3) is 0.899. The van der Waals surface area contributed by atoms with Crippen LogP contribution in [0.3, 0.4) is 0 Å². The molecule has 0 atom stereocenters. The molecule has 0 saturated heterocycles. The Morgan fingerprint density at radius 2 is 1.83 bits per heavy atom. The lowest BCUT2D eigenvalue weighted by molar-refractivity contribution is 0.275. The van der Waals surface area contributed by atoms with Crippen LogP contribution in [0.15, 0.2) is 34.1 Å². The normalized spacial score (nSPS) is 19.2. The first-order chi connectivity index (χ1) is 5.62. The van der Waals surface area contributed by atoms with Gasteiger partial charge in [-0.05, 0) is 23.9 Å². The number of benzene rings is 1. The van der Waals surface area contributed by atoms with Crippen molar-refractivity contribution in [1.29, 1.82) is 0 Å². The minimum absolute atomic E-state index is 0.139.